The van der Waals surface area contributed by atoms with Crippen molar-refractivity contribution in [2.45, 2.75) is 38.8 Å². The minimum Gasteiger partial charge on any atom is -0.339 e. The fraction of sp³-hybridized carbons (Fsp3) is 0.714. The molecule has 2 aliphatic rings. The SMILES string of the molecule is CCN1CCc2nc(N3CCCC(N)C3)ncc2C1. The number of aromatic nitrogens is 2. The van der Waals surface area contributed by atoms with Gasteiger partial charge in [0.2, 0.25) is 5.95 Å². The van der Waals surface area contributed by atoms with Crippen molar-refractivity contribution in [1.82, 2.24) is 14.9 Å². The molecule has 0 aliphatic carbocycles. The monoisotopic (exact) mass is 261 g/mol. The van der Waals surface area contributed by atoms with Gasteiger partial charge in [0.25, 0.3) is 0 Å². The summed E-state index contributed by atoms with van der Waals surface area (Å²) in [5.74, 6) is 0.874. The maximum absolute atomic E-state index is 6.03. The van der Waals surface area contributed by atoms with Gasteiger partial charge in [-0.1, -0.05) is 6.92 Å². The highest BCUT2D eigenvalue weighted by molar-refractivity contribution is 5.35. The van der Waals surface area contributed by atoms with Gasteiger partial charge in [-0.2, -0.15) is 0 Å². The lowest BCUT2D eigenvalue weighted by molar-refractivity contribution is 0.265. The molecule has 1 unspecified atom stereocenters. The number of anilines is 1. The van der Waals surface area contributed by atoms with Crippen LogP contribution in [0.5, 0.6) is 0 Å². The Bertz CT molecular complexity index is 447. The van der Waals surface area contributed by atoms with E-state index in [0.717, 1.165) is 57.9 Å². The summed E-state index contributed by atoms with van der Waals surface area (Å²) in [6, 6.07) is 0.268. The van der Waals surface area contributed by atoms with Crippen LogP contribution in [-0.2, 0) is 13.0 Å². The minimum atomic E-state index is 0.268. The van der Waals surface area contributed by atoms with Crippen LogP contribution in [0.25, 0.3) is 0 Å². The fourth-order valence-corrected chi connectivity index (χ4v) is 2.98. The van der Waals surface area contributed by atoms with Crippen LogP contribution in [0, 0.1) is 0 Å². The summed E-state index contributed by atoms with van der Waals surface area (Å²) in [5, 5.41) is 0. The lowest BCUT2D eigenvalue weighted by atomic mass is 10.1. The lowest BCUT2D eigenvalue weighted by Gasteiger charge is -2.32. The van der Waals surface area contributed by atoms with Crippen LogP contribution < -0.4 is 10.6 Å². The summed E-state index contributed by atoms with van der Waals surface area (Å²) in [6.45, 7) is 7.33. The highest BCUT2D eigenvalue weighted by atomic mass is 15.3. The van der Waals surface area contributed by atoms with Gasteiger partial charge in [0.1, 0.15) is 0 Å². The van der Waals surface area contributed by atoms with Gasteiger partial charge in [-0.3, -0.25) is 4.90 Å². The van der Waals surface area contributed by atoms with Crippen LogP contribution >= 0.6 is 0 Å². The predicted molar refractivity (Wildman–Crippen MR) is 76.1 cm³/mol. The molecular formula is C14H23N5. The van der Waals surface area contributed by atoms with Gasteiger partial charge in [0.15, 0.2) is 0 Å². The quantitative estimate of drug-likeness (QED) is 0.852. The van der Waals surface area contributed by atoms with Crippen LogP contribution in [-0.4, -0.2) is 47.1 Å². The van der Waals surface area contributed by atoms with E-state index in [0.29, 0.717) is 0 Å². The lowest BCUT2D eigenvalue weighted by Crippen LogP contribution is -2.43. The largest absolute Gasteiger partial charge is 0.339 e. The molecule has 1 aromatic heterocycles. The standard InChI is InChI=1S/C14H23N5/c1-2-18-7-5-13-11(9-18)8-16-14(17-13)19-6-3-4-12(15)10-19/h8,12H,2-7,9-10,15H2,1H3. The van der Waals surface area contributed by atoms with Crippen LogP contribution in [0.1, 0.15) is 31.0 Å². The summed E-state index contributed by atoms with van der Waals surface area (Å²) < 4.78 is 0. The first-order chi connectivity index (χ1) is 9.26. The van der Waals surface area contributed by atoms with Crippen LogP contribution in [0.4, 0.5) is 5.95 Å². The van der Waals surface area contributed by atoms with Gasteiger partial charge in [-0.15, -0.1) is 0 Å². The van der Waals surface area contributed by atoms with Crippen molar-refractivity contribution in [1.29, 1.82) is 0 Å². The maximum atomic E-state index is 6.03. The van der Waals surface area contributed by atoms with Gasteiger partial charge < -0.3 is 10.6 Å². The second-order valence-corrected chi connectivity index (χ2v) is 5.61. The van der Waals surface area contributed by atoms with Crippen molar-refractivity contribution < 1.29 is 0 Å². The molecule has 0 radical (unpaired) electrons. The number of piperidine rings is 1. The Hall–Kier alpha value is -1.20. The molecule has 1 fully saturated rings. The molecule has 2 N–H and O–H groups in total. The first-order valence-corrected chi connectivity index (χ1v) is 7.34. The molecule has 3 heterocycles. The van der Waals surface area contributed by atoms with Crippen LogP contribution in [0.3, 0.4) is 0 Å². The van der Waals surface area contributed by atoms with Crippen molar-refractivity contribution in [2.24, 2.45) is 5.73 Å². The smallest absolute Gasteiger partial charge is 0.225 e. The topological polar surface area (TPSA) is 58.3 Å². The van der Waals surface area contributed by atoms with Gasteiger partial charge in [-0.05, 0) is 19.4 Å². The second-order valence-electron chi connectivity index (χ2n) is 5.61. The zero-order valence-corrected chi connectivity index (χ0v) is 11.7. The number of fused-ring (bicyclic) bond motifs is 1. The molecule has 1 saturated heterocycles. The molecule has 0 amide bonds. The molecule has 2 aliphatic heterocycles. The van der Waals surface area contributed by atoms with E-state index in [1.165, 1.54) is 11.3 Å². The van der Waals surface area contributed by atoms with Crippen molar-refractivity contribution in [2.75, 3.05) is 31.1 Å². The van der Waals surface area contributed by atoms with Crippen molar-refractivity contribution in [3.8, 4) is 0 Å². The molecular weight excluding hydrogens is 238 g/mol. The molecule has 0 bridgehead atoms. The molecule has 3 rings (SSSR count). The number of nitrogens with zero attached hydrogens (tertiary/aromatic N) is 4. The average molecular weight is 261 g/mol. The molecule has 1 atom stereocenters. The molecule has 0 saturated carbocycles. The van der Waals surface area contributed by atoms with Crippen molar-refractivity contribution >= 4 is 5.95 Å². The normalized spacial score (nSPS) is 24.3. The molecule has 19 heavy (non-hydrogen) atoms. The van der Waals surface area contributed by atoms with Crippen LogP contribution in [0.2, 0.25) is 0 Å². The highest BCUT2D eigenvalue weighted by Crippen LogP contribution is 2.20. The van der Waals surface area contributed by atoms with Gasteiger partial charge >= 0.3 is 0 Å². The number of likely N-dealkylation sites (N-methyl/N-ethyl adjacent to an activating group) is 1. The van der Waals surface area contributed by atoms with E-state index in [1.54, 1.807) is 0 Å². The third kappa shape index (κ3) is 2.72. The third-order valence-electron chi connectivity index (χ3n) is 4.19. The Kier molecular flexibility index (Phi) is 3.66. The summed E-state index contributed by atoms with van der Waals surface area (Å²) in [7, 11) is 0. The third-order valence-corrected chi connectivity index (χ3v) is 4.19. The number of nitrogens with two attached hydrogens (primary N) is 1. The minimum absolute atomic E-state index is 0.268. The molecule has 104 valence electrons. The van der Waals surface area contributed by atoms with E-state index in [2.05, 4.69) is 21.7 Å². The zero-order chi connectivity index (χ0) is 13.2. The van der Waals surface area contributed by atoms with Gasteiger partial charge in [-0.25, -0.2) is 9.97 Å². The van der Waals surface area contributed by atoms with E-state index in [4.69, 9.17) is 10.7 Å². The summed E-state index contributed by atoms with van der Waals surface area (Å²) >= 11 is 0. The Balaban J connectivity index is 1.78. The number of hydrogen-bond acceptors (Lipinski definition) is 5. The van der Waals surface area contributed by atoms with Crippen LogP contribution in [0.15, 0.2) is 6.20 Å². The first-order valence-electron chi connectivity index (χ1n) is 7.34. The Morgan fingerprint density at radius 3 is 3.11 bits per heavy atom. The first kappa shape index (κ1) is 12.8. The molecule has 1 aromatic rings. The zero-order valence-electron chi connectivity index (χ0n) is 11.7. The van der Waals surface area contributed by atoms with E-state index in [1.807, 2.05) is 6.20 Å². The Morgan fingerprint density at radius 2 is 2.32 bits per heavy atom. The number of hydrogen-bond donors (Lipinski definition) is 1. The summed E-state index contributed by atoms with van der Waals surface area (Å²) in [4.78, 5) is 14.0. The molecule has 5 heteroatoms. The van der Waals surface area contributed by atoms with E-state index >= 15 is 0 Å². The number of rotatable bonds is 2. The average Bonchev–Trinajstić information content (AvgIpc) is 2.46. The van der Waals surface area contributed by atoms with E-state index in [-0.39, 0.29) is 6.04 Å². The maximum Gasteiger partial charge on any atom is 0.225 e. The molecule has 0 aromatic carbocycles. The summed E-state index contributed by atoms with van der Waals surface area (Å²) in [5.41, 5.74) is 8.55. The Morgan fingerprint density at radius 1 is 1.42 bits per heavy atom. The molecule has 0 spiro atoms. The van der Waals surface area contributed by atoms with Crippen molar-refractivity contribution in [3.05, 3.63) is 17.5 Å². The second kappa shape index (κ2) is 5.43. The summed E-state index contributed by atoms with van der Waals surface area (Å²) in [6.07, 6.45) is 5.32. The fourth-order valence-electron chi connectivity index (χ4n) is 2.98. The highest BCUT2D eigenvalue weighted by Gasteiger charge is 2.22. The van der Waals surface area contributed by atoms with Crippen molar-refractivity contribution in [3.63, 3.8) is 0 Å². The Labute approximate surface area is 114 Å². The molecule has 5 nitrogen and oxygen atoms in total. The predicted octanol–water partition coefficient (Wildman–Crippen LogP) is 0.782. The van der Waals surface area contributed by atoms with Gasteiger partial charge in [0, 0.05) is 50.4 Å². The van der Waals surface area contributed by atoms with E-state index in [9.17, 15) is 0 Å². The van der Waals surface area contributed by atoms with Gasteiger partial charge in [0.05, 0.1) is 5.69 Å². The van der Waals surface area contributed by atoms with E-state index < -0.39 is 0 Å².